The van der Waals surface area contributed by atoms with Gasteiger partial charge >= 0.3 is 5.97 Å². The van der Waals surface area contributed by atoms with Gasteiger partial charge in [-0.05, 0) is 26.7 Å². The standard InChI is InChI=1S/C10H22N2O3S/c1-4-8(3)16(12,14)7-6-9(11)10(13)15-5-2/h8-9,12H,4-7,11H2,1-3H3/t8?,9-,16?/m0/s1. The van der Waals surface area contributed by atoms with Crippen LogP contribution in [0.4, 0.5) is 0 Å². The van der Waals surface area contributed by atoms with E-state index in [9.17, 15) is 9.00 Å². The van der Waals surface area contributed by atoms with E-state index >= 15 is 0 Å². The van der Waals surface area contributed by atoms with Crippen molar-refractivity contribution in [3.05, 3.63) is 0 Å². The van der Waals surface area contributed by atoms with E-state index in [0.717, 1.165) is 0 Å². The number of nitrogens with two attached hydrogens (primary N) is 1. The summed E-state index contributed by atoms with van der Waals surface area (Å²) in [5.41, 5.74) is 5.57. The highest BCUT2D eigenvalue weighted by Crippen LogP contribution is 2.09. The molecule has 96 valence electrons. The fourth-order valence-corrected chi connectivity index (χ4v) is 2.68. The van der Waals surface area contributed by atoms with Crippen molar-refractivity contribution in [2.75, 3.05) is 12.4 Å². The Kier molecular flexibility index (Phi) is 6.59. The van der Waals surface area contributed by atoms with E-state index in [2.05, 4.69) is 0 Å². The Morgan fingerprint density at radius 3 is 2.50 bits per heavy atom. The summed E-state index contributed by atoms with van der Waals surface area (Å²) in [6.07, 6.45) is 0.933. The lowest BCUT2D eigenvalue weighted by atomic mass is 10.2. The Morgan fingerprint density at radius 1 is 1.50 bits per heavy atom. The first-order chi connectivity index (χ1) is 7.35. The highest BCUT2D eigenvalue weighted by molar-refractivity contribution is 7.93. The van der Waals surface area contributed by atoms with Crippen molar-refractivity contribution in [1.29, 1.82) is 4.78 Å². The maximum atomic E-state index is 11.9. The molecule has 3 atom stereocenters. The van der Waals surface area contributed by atoms with Crippen LogP contribution in [0.3, 0.4) is 0 Å². The summed E-state index contributed by atoms with van der Waals surface area (Å²) in [5, 5.41) is -0.165. The number of carbonyl (C=O) groups is 1. The third-order valence-corrected chi connectivity index (χ3v) is 5.02. The Hall–Kier alpha value is -0.620. The van der Waals surface area contributed by atoms with Crippen LogP contribution in [0.2, 0.25) is 0 Å². The first kappa shape index (κ1) is 15.4. The second kappa shape index (κ2) is 6.85. The molecular formula is C10H22N2O3S. The van der Waals surface area contributed by atoms with Gasteiger partial charge in [0.15, 0.2) is 0 Å². The molecule has 3 N–H and O–H groups in total. The molecule has 0 amide bonds. The predicted molar refractivity (Wildman–Crippen MR) is 64.7 cm³/mol. The van der Waals surface area contributed by atoms with Gasteiger partial charge < -0.3 is 10.5 Å². The smallest absolute Gasteiger partial charge is 0.322 e. The zero-order valence-electron chi connectivity index (χ0n) is 10.2. The molecule has 0 aliphatic rings. The minimum atomic E-state index is -2.64. The number of ether oxygens (including phenoxy) is 1. The van der Waals surface area contributed by atoms with Crippen molar-refractivity contribution in [2.45, 2.75) is 44.9 Å². The van der Waals surface area contributed by atoms with Crippen LogP contribution in [0.1, 0.15) is 33.6 Å². The van der Waals surface area contributed by atoms with Crippen LogP contribution in [0.5, 0.6) is 0 Å². The largest absolute Gasteiger partial charge is 0.465 e. The summed E-state index contributed by atoms with van der Waals surface area (Å²) >= 11 is 0. The predicted octanol–water partition coefficient (Wildman–Crippen LogP) is 1.11. The normalized spacial score (nSPS) is 18.5. The van der Waals surface area contributed by atoms with Gasteiger partial charge in [0, 0.05) is 20.7 Å². The molecular weight excluding hydrogens is 228 g/mol. The maximum Gasteiger partial charge on any atom is 0.322 e. The quantitative estimate of drug-likeness (QED) is 0.662. The third kappa shape index (κ3) is 4.94. The van der Waals surface area contributed by atoms with Crippen molar-refractivity contribution in [3.8, 4) is 0 Å². The average molecular weight is 250 g/mol. The highest BCUT2D eigenvalue weighted by atomic mass is 32.2. The second-order valence-electron chi connectivity index (χ2n) is 3.80. The second-order valence-corrected chi connectivity index (χ2v) is 6.46. The van der Waals surface area contributed by atoms with E-state index < -0.39 is 21.7 Å². The van der Waals surface area contributed by atoms with E-state index in [-0.39, 0.29) is 24.0 Å². The summed E-state index contributed by atoms with van der Waals surface area (Å²) in [6, 6.07) is -0.768. The topological polar surface area (TPSA) is 93.2 Å². The van der Waals surface area contributed by atoms with Crippen molar-refractivity contribution in [1.82, 2.24) is 0 Å². The van der Waals surface area contributed by atoms with Gasteiger partial charge in [-0.25, -0.2) is 4.21 Å². The first-order valence-corrected chi connectivity index (χ1v) is 7.31. The van der Waals surface area contributed by atoms with Crippen LogP contribution in [-0.2, 0) is 19.3 Å². The molecule has 0 rings (SSSR count). The Balaban J connectivity index is 4.20. The molecule has 0 saturated carbocycles. The van der Waals surface area contributed by atoms with Gasteiger partial charge in [0.25, 0.3) is 0 Å². The maximum absolute atomic E-state index is 11.9. The summed E-state index contributed by atoms with van der Waals surface area (Å²) < 4.78 is 24.3. The molecule has 0 fully saturated rings. The van der Waals surface area contributed by atoms with E-state index in [1.54, 1.807) is 13.8 Å². The van der Waals surface area contributed by atoms with Crippen molar-refractivity contribution < 1.29 is 13.7 Å². The fourth-order valence-electron chi connectivity index (χ4n) is 1.14. The molecule has 0 aliphatic heterocycles. The number of nitrogens with one attached hydrogen (secondary N) is 1. The summed E-state index contributed by atoms with van der Waals surface area (Å²) in [5.74, 6) is -0.330. The molecule has 0 aliphatic carbocycles. The van der Waals surface area contributed by atoms with Crippen LogP contribution in [0.25, 0.3) is 0 Å². The zero-order chi connectivity index (χ0) is 12.8. The molecule has 0 aromatic rings. The number of hydrogen-bond donors (Lipinski definition) is 2. The van der Waals surface area contributed by atoms with Gasteiger partial charge in [-0.2, -0.15) is 0 Å². The summed E-state index contributed by atoms with van der Waals surface area (Å²) in [6.45, 7) is 5.67. The number of carbonyl (C=O) groups excluding carboxylic acids is 1. The van der Waals surface area contributed by atoms with Crippen molar-refractivity contribution in [2.24, 2.45) is 5.73 Å². The monoisotopic (exact) mass is 250 g/mol. The lowest BCUT2D eigenvalue weighted by molar-refractivity contribution is -0.144. The van der Waals surface area contributed by atoms with Gasteiger partial charge in [-0.3, -0.25) is 9.57 Å². The molecule has 16 heavy (non-hydrogen) atoms. The van der Waals surface area contributed by atoms with E-state index in [1.165, 1.54) is 0 Å². The van der Waals surface area contributed by atoms with Crippen molar-refractivity contribution in [3.63, 3.8) is 0 Å². The highest BCUT2D eigenvalue weighted by Gasteiger charge is 2.20. The molecule has 0 radical (unpaired) electrons. The zero-order valence-corrected chi connectivity index (χ0v) is 11.0. The van der Waals surface area contributed by atoms with E-state index in [1.807, 2.05) is 6.92 Å². The molecule has 2 unspecified atom stereocenters. The van der Waals surface area contributed by atoms with Crippen LogP contribution in [0, 0.1) is 4.78 Å². The molecule has 0 aromatic carbocycles. The average Bonchev–Trinajstić information content (AvgIpc) is 2.25. The Bertz CT molecular complexity index is 314. The Labute approximate surface area is 97.7 Å². The summed E-state index contributed by atoms with van der Waals surface area (Å²) in [7, 11) is -2.64. The van der Waals surface area contributed by atoms with E-state index in [0.29, 0.717) is 6.42 Å². The fraction of sp³-hybridized carbons (Fsp3) is 0.900. The lowest BCUT2D eigenvalue weighted by Crippen LogP contribution is -2.35. The molecule has 0 aromatic heterocycles. The number of rotatable bonds is 7. The van der Waals surface area contributed by atoms with Gasteiger partial charge in [0.05, 0.1) is 6.61 Å². The van der Waals surface area contributed by atoms with Crippen LogP contribution < -0.4 is 5.73 Å². The Morgan fingerprint density at radius 2 is 2.06 bits per heavy atom. The molecule has 6 heteroatoms. The minimum Gasteiger partial charge on any atom is -0.465 e. The molecule has 5 nitrogen and oxygen atoms in total. The van der Waals surface area contributed by atoms with Crippen LogP contribution in [-0.4, -0.2) is 33.8 Å². The van der Waals surface area contributed by atoms with Gasteiger partial charge in [-0.15, -0.1) is 0 Å². The lowest BCUT2D eigenvalue weighted by Gasteiger charge is -2.16. The van der Waals surface area contributed by atoms with Gasteiger partial charge in [0.2, 0.25) is 0 Å². The SMILES string of the molecule is CCOC(=O)[C@@H](N)CCS(=N)(=O)C(C)CC. The molecule has 0 bridgehead atoms. The van der Waals surface area contributed by atoms with Crippen LogP contribution in [0.15, 0.2) is 0 Å². The van der Waals surface area contributed by atoms with Gasteiger partial charge in [0.1, 0.15) is 6.04 Å². The number of esters is 1. The van der Waals surface area contributed by atoms with Crippen molar-refractivity contribution >= 4 is 15.7 Å². The van der Waals surface area contributed by atoms with Gasteiger partial charge in [-0.1, -0.05) is 6.92 Å². The molecule has 0 heterocycles. The van der Waals surface area contributed by atoms with E-state index in [4.69, 9.17) is 15.3 Å². The molecule has 0 spiro atoms. The number of hydrogen-bond acceptors (Lipinski definition) is 5. The van der Waals surface area contributed by atoms with Crippen LogP contribution >= 0.6 is 0 Å². The first-order valence-electron chi connectivity index (χ1n) is 5.52. The minimum absolute atomic E-state index is 0.155. The third-order valence-electron chi connectivity index (χ3n) is 2.55. The molecule has 0 saturated heterocycles. The summed E-state index contributed by atoms with van der Waals surface area (Å²) in [4.78, 5) is 11.2.